The lowest BCUT2D eigenvalue weighted by molar-refractivity contribution is -0.163. The molecule has 0 aromatic rings. The molecular weight excluding hydrogens is 765 g/mol. The Balaban J connectivity index is 4.33. The number of unbranched alkanes of at least 4 members (excludes halogenated alkanes) is 22. The van der Waals surface area contributed by atoms with Gasteiger partial charge in [0.2, 0.25) is 0 Å². The van der Waals surface area contributed by atoms with Crippen LogP contribution in [0.4, 0.5) is 0 Å². The van der Waals surface area contributed by atoms with Crippen molar-refractivity contribution in [2.75, 3.05) is 19.8 Å². The van der Waals surface area contributed by atoms with Crippen molar-refractivity contribution in [1.29, 1.82) is 0 Å². The Morgan fingerprint density at radius 3 is 1.27 bits per heavy atom. The van der Waals surface area contributed by atoms with E-state index in [-0.39, 0.29) is 25.2 Å². The minimum absolute atomic E-state index is 0.0485. The topological polar surface area (TPSA) is 61.8 Å². The van der Waals surface area contributed by atoms with Crippen LogP contribution in [0.5, 0.6) is 0 Å². The van der Waals surface area contributed by atoms with Crippen molar-refractivity contribution >= 4 is 11.9 Å². The second kappa shape index (κ2) is 52.4. The summed E-state index contributed by atoms with van der Waals surface area (Å²) in [5.41, 5.74) is 0. The number of hydrogen-bond acceptors (Lipinski definition) is 5. The monoisotopic (exact) mass is 863 g/mol. The van der Waals surface area contributed by atoms with Gasteiger partial charge in [-0.15, -0.1) is 0 Å². The van der Waals surface area contributed by atoms with Crippen LogP contribution in [0.25, 0.3) is 0 Å². The van der Waals surface area contributed by atoms with Crippen molar-refractivity contribution in [1.82, 2.24) is 0 Å². The smallest absolute Gasteiger partial charge is 0.306 e. The summed E-state index contributed by atoms with van der Waals surface area (Å²) in [5.74, 6) is -0.477. The molecule has 0 spiro atoms. The molecule has 1 atom stereocenters. The Morgan fingerprint density at radius 1 is 0.371 bits per heavy atom. The van der Waals surface area contributed by atoms with Crippen LogP contribution in [-0.2, 0) is 23.8 Å². The largest absolute Gasteiger partial charge is 0.462 e. The summed E-state index contributed by atoms with van der Waals surface area (Å²) in [6, 6.07) is 0. The predicted octanol–water partition coefficient (Wildman–Crippen LogP) is 17.7. The highest BCUT2D eigenvalue weighted by Gasteiger charge is 2.17. The lowest BCUT2D eigenvalue weighted by atomic mass is 10.1. The van der Waals surface area contributed by atoms with Gasteiger partial charge in [0.25, 0.3) is 0 Å². The number of hydrogen-bond donors (Lipinski definition) is 0. The van der Waals surface area contributed by atoms with Gasteiger partial charge in [-0.3, -0.25) is 9.59 Å². The molecule has 62 heavy (non-hydrogen) atoms. The first-order valence-corrected chi connectivity index (χ1v) is 26.1. The fraction of sp³-hybridized carbons (Fsp3) is 0.719. The molecule has 0 aromatic heterocycles. The van der Waals surface area contributed by atoms with Gasteiger partial charge >= 0.3 is 11.9 Å². The number of allylic oxidation sites excluding steroid dienone is 14. The van der Waals surface area contributed by atoms with E-state index in [1.54, 1.807) is 0 Å². The fourth-order valence-electron chi connectivity index (χ4n) is 6.99. The normalized spacial score (nSPS) is 12.9. The maximum Gasteiger partial charge on any atom is 0.306 e. The number of ether oxygens (including phenoxy) is 3. The van der Waals surface area contributed by atoms with Gasteiger partial charge in [-0.05, 0) is 103 Å². The van der Waals surface area contributed by atoms with Crippen LogP contribution < -0.4 is 0 Å². The molecule has 0 aliphatic carbocycles. The molecule has 1 unspecified atom stereocenters. The molecule has 0 rings (SSSR count). The SMILES string of the molecule is CC/C=C\C/C=C\C/C=C\C/C=C\C/C=C\CCCC(=O)OCC(COCCCCCCCCCC/C=C\CCCCCCCC)OC(=O)CCCCCCC/C=C\CCCC. The summed E-state index contributed by atoms with van der Waals surface area (Å²) >= 11 is 0. The van der Waals surface area contributed by atoms with Crippen molar-refractivity contribution in [3.63, 3.8) is 0 Å². The molecule has 0 aliphatic rings. The highest BCUT2D eigenvalue weighted by atomic mass is 16.6. The van der Waals surface area contributed by atoms with Gasteiger partial charge < -0.3 is 14.2 Å². The van der Waals surface area contributed by atoms with Gasteiger partial charge in [0.15, 0.2) is 6.10 Å². The van der Waals surface area contributed by atoms with E-state index in [9.17, 15) is 9.59 Å². The number of carbonyl (C=O) groups excluding carboxylic acids is 2. The maximum atomic E-state index is 12.8. The zero-order valence-corrected chi connectivity index (χ0v) is 40.9. The Hall–Kier alpha value is -2.92. The van der Waals surface area contributed by atoms with Gasteiger partial charge in [-0.2, -0.15) is 0 Å². The minimum atomic E-state index is -0.567. The Bertz CT molecular complexity index is 1160. The second-order valence-electron chi connectivity index (χ2n) is 17.0. The van der Waals surface area contributed by atoms with Crippen molar-refractivity contribution in [2.45, 2.75) is 245 Å². The quantitative estimate of drug-likeness (QED) is 0.0346. The van der Waals surface area contributed by atoms with Crippen LogP contribution in [-0.4, -0.2) is 37.9 Å². The number of rotatable bonds is 47. The Kier molecular flexibility index (Phi) is 50.0. The summed E-state index contributed by atoms with van der Waals surface area (Å²) < 4.78 is 17.3. The molecule has 0 bridgehead atoms. The average Bonchev–Trinajstić information content (AvgIpc) is 3.27. The van der Waals surface area contributed by atoms with Crippen LogP contribution in [0.1, 0.15) is 239 Å². The van der Waals surface area contributed by atoms with Gasteiger partial charge in [0.05, 0.1) is 6.61 Å². The molecule has 0 heterocycles. The van der Waals surface area contributed by atoms with Crippen molar-refractivity contribution in [2.24, 2.45) is 0 Å². The van der Waals surface area contributed by atoms with Crippen LogP contribution in [0, 0.1) is 0 Å². The maximum absolute atomic E-state index is 12.8. The molecule has 5 heteroatoms. The average molecular weight is 863 g/mol. The fourth-order valence-corrected chi connectivity index (χ4v) is 6.99. The lowest BCUT2D eigenvalue weighted by Crippen LogP contribution is -2.30. The number of esters is 2. The molecule has 0 saturated heterocycles. The van der Waals surface area contributed by atoms with Crippen LogP contribution >= 0.6 is 0 Å². The highest BCUT2D eigenvalue weighted by Crippen LogP contribution is 2.13. The van der Waals surface area contributed by atoms with E-state index in [0.717, 1.165) is 83.5 Å². The molecule has 0 amide bonds. The van der Waals surface area contributed by atoms with Gasteiger partial charge in [0, 0.05) is 19.4 Å². The zero-order chi connectivity index (χ0) is 44.9. The Labute approximate surface area is 384 Å². The van der Waals surface area contributed by atoms with E-state index >= 15 is 0 Å². The van der Waals surface area contributed by atoms with Crippen LogP contribution in [0.2, 0.25) is 0 Å². The third kappa shape index (κ3) is 49.7. The summed E-state index contributed by atoms with van der Waals surface area (Å²) in [7, 11) is 0. The molecular formula is C57H98O5. The van der Waals surface area contributed by atoms with E-state index in [0.29, 0.717) is 19.4 Å². The van der Waals surface area contributed by atoms with E-state index in [4.69, 9.17) is 14.2 Å². The molecule has 0 fully saturated rings. The van der Waals surface area contributed by atoms with Crippen molar-refractivity contribution < 1.29 is 23.8 Å². The predicted molar refractivity (Wildman–Crippen MR) is 270 cm³/mol. The van der Waals surface area contributed by atoms with E-state index in [1.165, 1.54) is 122 Å². The first kappa shape index (κ1) is 59.1. The number of carbonyl (C=O) groups is 2. The summed E-state index contributed by atoms with van der Waals surface area (Å²) in [6.07, 6.45) is 68.9. The first-order chi connectivity index (χ1) is 30.6. The van der Waals surface area contributed by atoms with Gasteiger partial charge in [-0.1, -0.05) is 209 Å². The summed E-state index contributed by atoms with van der Waals surface area (Å²) in [4.78, 5) is 25.3. The second-order valence-corrected chi connectivity index (χ2v) is 17.0. The lowest BCUT2D eigenvalue weighted by Gasteiger charge is -2.18. The first-order valence-electron chi connectivity index (χ1n) is 26.1. The van der Waals surface area contributed by atoms with E-state index in [1.807, 2.05) is 0 Å². The standard InChI is InChI=1S/C57H98O5/c1-4-7-10-13-16-19-22-24-26-28-30-32-34-37-40-43-46-49-52-60-53-55(62-57(59)51-48-45-42-39-35-21-18-15-12-9-6-3)54-61-56(58)50-47-44-41-38-36-33-31-29-27-25-23-20-17-14-11-8-5-2/h8,11,15,17-18,20,24-27,31,33,38,41,55H,4-7,9-10,12-14,16,19,21-23,28-30,32,34-37,39-40,42-54H2,1-3H3/b11-8-,18-15-,20-17-,26-24-,27-25-,33-31-,41-38-. The van der Waals surface area contributed by atoms with Crippen LogP contribution in [0.15, 0.2) is 85.1 Å². The third-order valence-corrected chi connectivity index (χ3v) is 10.9. The van der Waals surface area contributed by atoms with Gasteiger partial charge in [-0.25, -0.2) is 0 Å². The summed E-state index contributed by atoms with van der Waals surface area (Å²) in [6.45, 7) is 7.60. The molecule has 0 aliphatic heterocycles. The van der Waals surface area contributed by atoms with Crippen LogP contribution in [0.3, 0.4) is 0 Å². The van der Waals surface area contributed by atoms with E-state index < -0.39 is 6.10 Å². The zero-order valence-electron chi connectivity index (χ0n) is 40.9. The molecule has 5 nitrogen and oxygen atoms in total. The molecule has 0 saturated carbocycles. The molecule has 356 valence electrons. The minimum Gasteiger partial charge on any atom is -0.462 e. The van der Waals surface area contributed by atoms with E-state index in [2.05, 4.69) is 106 Å². The van der Waals surface area contributed by atoms with Crippen molar-refractivity contribution in [3.8, 4) is 0 Å². The Morgan fingerprint density at radius 2 is 0.758 bits per heavy atom. The third-order valence-electron chi connectivity index (χ3n) is 10.9. The molecule has 0 N–H and O–H groups in total. The summed E-state index contributed by atoms with van der Waals surface area (Å²) in [5, 5.41) is 0. The molecule has 0 aromatic carbocycles. The highest BCUT2D eigenvalue weighted by molar-refractivity contribution is 5.70. The molecule has 0 radical (unpaired) electrons. The van der Waals surface area contributed by atoms with Crippen molar-refractivity contribution in [3.05, 3.63) is 85.1 Å². The van der Waals surface area contributed by atoms with Gasteiger partial charge in [0.1, 0.15) is 6.61 Å².